The third-order valence-electron chi connectivity index (χ3n) is 2.32. The lowest BCUT2D eigenvalue weighted by atomic mass is 10.1. The normalized spacial score (nSPS) is 11.5. The number of esters is 1. The largest absolute Gasteiger partial charge is 0.426 e. The minimum absolute atomic E-state index is 0.291. The van der Waals surface area contributed by atoms with Crippen LogP contribution in [0.4, 0.5) is 0 Å². The van der Waals surface area contributed by atoms with Crippen LogP contribution in [0.25, 0.3) is 10.8 Å². The Morgan fingerprint density at radius 3 is 2.44 bits per heavy atom. The summed E-state index contributed by atoms with van der Waals surface area (Å²) in [6, 6.07) is 13.0. The second kappa shape index (κ2) is 5.35. The van der Waals surface area contributed by atoms with Gasteiger partial charge < -0.3 is 4.74 Å². The number of fused-ring (bicyclic) bond motifs is 1. The van der Waals surface area contributed by atoms with Gasteiger partial charge in [0, 0.05) is 5.39 Å². The van der Waals surface area contributed by atoms with Gasteiger partial charge in [-0.1, -0.05) is 71.2 Å². The number of ether oxygens (including phenoxy) is 1. The van der Waals surface area contributed by atoms with Crippen molar-refractivity contribution in [1.29, 1.82) is 0 Å². The number of carbonyl (C=O) groups excluding carboxylic acids is 1. The molecule has 0 aliphatic rings. The van der Waals surface area contributed by atoms with Crippen molar-refractivity contribution in [2.75, 3.05) is 0 Å². The molecule has 0 saturated heterocycles. The first-order valence-corrected chi connectivity index (χ1v) is 6.34. The average Bonchev–Trinajstić information content (AvgIpc) is 2.27. The van der Waals surface area contributed by atoms with E-state index in [1.165, 1.54) is 0 Å². The van der Waals surface area contributed by atoms with Crippen LogP contribution in [0.3, 0.4) is 0 Å². The number of hydrogen-bond donors (Lipinski definition) is 0. The molecular formula is C13H9Cl3O2. The first-order valence-electron chi connectivity index (χ1n) is 5.21. The molecule has 0 N–H and O–H groups in total. The second-order valence-corrected chi connectivity index (χ2v) is 6.26. The molecule has 2 aromatic rings. The highest BCUT2D eigenvalue weighted by Crippen LogP contribution is 2.31. The molecule has 0 spiro atoms. The Balaban J connectivity index is 2.24. The predicted molar refractivity (Wildman–Crippen MR) is 74.5 cm³/mol. The molecule has 5 heteroatoms. The van der Waals surface area contributed by atoms with Crippen LogP contribution < -0.4 is 4.74 Å². The zero-order valence-corrected chi connectivity index (χ0v) is 11.5. The Morgan fingerprint density at radius 1 is 1.06 bits per heavy atom. The fourth-order valence-electron chi connectivity index (χ4n) is 1.61. The molecule has 0 fully saturated rings. The molecule has 0 saturated carbocycles. The molecule has 0 radical (unpaired) electrons. The van der Waals surface area contributed by atoms with E-state index < -0.39 is 9.76 Å². The van der Waals surface area contributed by atoms with Crippen LogP contribution in [-0.4, -0.2) is 9.76 Å². The predicted octanol–water partition coefficient (Wildman–Crippen LogP) is 4.51. The molecule has 2 rings (SSSR count). The van der Waals surface area contributed by atoms with Gasteiger partial charge in [0.1, 0.15) is 5.75 Å². The van der Waals surface area contributed by atoms with Crippen molar-refractivity contribution < 1.29 is 9.53 Å². The molecule has 0 aliphatic carbocycles. The highest BCUT2D eigenvalue weighted by atomic mass is 35.6. The van der Waals surface area contributed by atoms with Crippen LogP contribution >= 0.6 is 34.8 Å². The number of halogens is 3. The Morgan fingerprint density at radius 2 is 1.72 bits per heavy atom. The zero-order chi connectivity index (χ0) is 13.2. The maximum absolute atomic E-state index is 11.6. The van der Waals surface area contributed by atoms with Crippen LogP contribution in [-0.2, 0) is 4.79 Å². The molecule has 0 atom stereocenters. The summed E-state index contributed by atoms with van der Waals surface area (Å²) in [5.41, 5.74) is 0. The van der Waals surface area contributed by atoms with Crippen molar-refractivity contribution >= 4 is 51.5 Å². The Bertz CT molecular complexity index is 570. The van der Waals surface area contributed by atoms with E-state index in [2.05, 4.69) is 0 Å². The van der Waals surface area contributed by atoms with Gasteiger partial charge in [-0.25, -0.2) is 0 Å². The molecule has 0 aliphatic heterocycles. The van der Waals surface area contributed by atoms with Crippen LogP contribution in [0, 0.1) is 0 Å². The highest BCUT2D eigenvalue weighted by molar-refractivity contribution is 6.68. The minimum Gasteiger partial charge on any atom is -0.426 e. The fraction of sp³-hybridized carbons (Fsp3) is 0.154. The van der Waals surface area contributed by atoms with Crippen LogP contribution in [0.15, 0.2) is 42.5 Å². The van der Waals surface area contributed by atoms with Gasteiger partial charge in [0.15, 0.2) is 0 Å². The first kappa shape index (κ1) is 13.5. The molecule has 2 nitrogen and oxygen atoms in total. The van der Waals surface area contributed by atoms with E-state index in [-0.39, 0.29) is 6.42 Å². The van der Waals surface area contributed by atoms with Gasteiger partial charge in [0.2, 0.25) is 3.79 Å². The van der Waals surface area contributed by atoms with E-state index in [1.807, 2.05) is 30.3 Å². The van der Waals surface area contributed by atoms with E-state index >= 15 is 0 Å². The quantitative estimate of drug-likeness (QED) is 0.464. The Kier molecular flexibility index (Phi) is 4.00. The maximum Gasteiger partial charge on any atom is 0.315 e. The summed E-state index contributed by atoms with van der Waals surface area (Å²) in [4.78, 5) is 11.6. The van der Waals surface area contributed by atoms with Gasteiger partial charge in [-0.05, 0) is 11.5 Å². The standard InChI is InChI=1S/C13H9Cl3O2/c14-13(15,16)8-12(17)18-11-7-3-5-9-4-1-2-6-10(9)11/h1-7H,8H2. The van der Waals surface area contributed by atoms with Crippen molar-refractivity contribution in [2.45, 2.75) is 10.2 Å². The number of rotatable bonds is 2. The lowest BCUT2D eigenvalue weighted by Gasteiger charge is -2.11. The topological polar surface area (TPSA) is 26.3 Å². The molecule has 2 aromatic carbocycles. The molecule has 0 bridgehead atoms. The summed E-state index contributed by atoms with van der Waals surface area (Å²) in [6.45, 7) is 0. The fourth-order valence-corrected chi connectivity index (χ4v) is 1.93. The Hall–Kier alpha value is -0.960. The van der Waals surface area contributed by atoms with Crippen molar-refractivity contribution in [2.24, 2.45) is 0 Å². The number of benzene rings is 2. The van der Waals surface area contributed by atoms with Crippen molar-refractivity contribution in [3.63, 3.8) is 0 Å². The molecule has 0 aromatic heterocycles. The summed E-state index contributed by atoms with van der Waals surface area (Å²) < 4.78 is 3.57. The third kappa shape index (κ3) is 3.52. The van der Waals surface area contributed by atoms with E-state index in [4.69, 9.17) is 39.5 Å². The summed E-state index contributed by atoms with van der Waals surface area (Å²) in [5, 5.41) is 1.83. The molecule has 0 unspecified atom stereocenters. The van der Waals surface area contributed by atoms with Gasteiger partial charge >= 0.3 is 5.97 Å². The zero-order valence-electron chi connectivity index (χ0n) is 9.20. The SMILES string of the molecule is O=C(CC(Cl)(Cl)Cl)Oc1cccc2ccccc12. The van der Waals surface area contributed by atoms with E-state index in [9.17, 15) is 4.79 Å². The second-order valence-electron chi connectivity index (χ2n) is 3.74. The summed E-state index contributed by atoms with van der Waals surface area (Å²) >= 11 is 16.6. The van der Waals surface area contributed by atoms with Crippen LogP contribution in [0.2, 0.25) is 0 Å². The average molecular weight is 304 g/mol. The minimum atomic E-state index is -1.64. The summed E-state index contributed by atoms with van der Waals surface area (Å²) in [5.74, 6) is -0.112. The van der Waals surface area contributed by atoms with Gasteiger partial charge in [-0.3, -0.25) is 4.79 Å². The van der Waals surface area contributed by atoms with Crippen molar-refractivity contribution in [3.8, 4) is 5.75 Å². The maximum atomic E-state index is 11.6. The highest BCUT2D eigenvalue weighted by Gasteiger charge is 2.25. The number of hydrogen-bond acceptors (Lipinski definition) is 2. The van der Waals surface area contributed by atoms with E-state index in [0.29, 0.717) is 5.75 Å². The number of alkyl halides is 3. The van der Waals surface area contributed by atoms with E-state index in [0.717, 1.165) is 10.8 Å². The van der Waals surface area contributed by atoms with Crippen LogP contribution in [0.5, 0.6) is 5.75 Å². The molecule has 0 amide bonds. The van der Waals surface area contributed by atoms with Gasteiger partial charge in [-0.15, -0.1) is 0 Å². The third-order valence-corrected chi connectivity index (χ3v) is 2.72. The molecular weight excluding hydrogens is 295 g/mol. The Labute approximate surface area is 119 Å². The molecule has 0 heterocycles. The monoisotopic (exact) mass is 302 g/mol. The smallest absolute Gasteiger partial charge is 0.315 e. The summed E-state index contributed by atoms with van der Waals surface area (Å²) in [6.07, 6.45) is -0.291. The van der Waals surface area contributed by atoms with Crippen LogP contribution in [0.1, 0.15) is 6.42 Å². The van der Waals surface area contributed by atoms with Crippen molar-refractivity contribution in [1.82, 2.24) is 0 Å². The van der Waals surface area contributed by atoms with Crippen molar-refractivity contribution in [3.05, 3.63) is 42.5 Å². The number of carbonyl (C=O) groups is 1. The van der Waals surface area contributed by atoms with Gasteiger partial charge in [0.25, 0.3) is 0 Å². The van der Waals surface area contributed by atoms with E-state index in [1.54, 1.807) is 12.1 Å². The summed E-state index contributed by atoms with van der Waals surface area (Å²) in [7, 11) is 0. The lowest BCUT2D eigenvalue weighted by Crippen LogP contribution is -2.16. The molecule has 18 heavy (non-hydrogen) atoms. The van der Waals surface area contributed by atoms with Gasteiger partial charge in [0.05, 0.1) is 6.42 Å². The molecule has 94 valence electrons. The van der Waals surface area contributed by atoms with Gasteiger partial charge in [-0.2, -0.15) is 0 Å². The lowest BCUT2D eigenvalue weighted by molar-refractivity contribution is -0.134. The first-order chi connectivity index (χ1) is 8.46.